The lowest BCUT2D eigenvalue weighted by molar-refractivity contribution is -0.275. The average molecular weight is 474 g/mol. The van der Waals surface area contributed by atoms with E-state index in [0.29, 0.717) is 0 Å². The molecular weight excluding hydrogens is 455 g/mol. The zero-order chi connectivity index (χ0) is 23.5. The first-order valence-electron chi connectivity index (χ1n) is 9.47. The van der Waals surface area contributed by atoms with Crippen molar-refractivity contribution in [3.05, 3.63) is 52.5 Å². The van der Waals surface area contributed by atoms with Gasteiger partial charge in [0, 0.05) is 21.8 Å². The number of anilines is 1. The van der Waals surface area contributed by atoms with Gasteiger partial charge in [-0.1, -0.05) is 23.7 Å². The number of methoxy groups -OCH3 is 1. The van der Waals surface area contributed by atoms with Crippen LogP contribution in [0.3, 0.4) is 0 Å². The first-order chi connectivity index (χ1) is 15.1. The number of rotatable bonds is 6. The zero-order valence-corrected chi connectivity index (χ0v) is 17.8. The highest BCUT2D eigenvalue weighted by molar-refractivity contribution is 6.30. The lowest BCUT2D eigenvalue weighted by Crippen LogP contribution is -2.32. The lowest BCUT2D eigenvalue weighted by atomic mass is 9.98. The third kappa shape index (κ3) is 5.43. The first-order valence-corrected chi connectivity index (χ1v) is 9.84. The van der Waals surface area contributed by atoms with Crippen molar-refractivity contribution < 1.29 is 41.7 Å². The van der Waals surface area contributed by atoms with Crippen LogP contribution < -0.4 is 14.8 Å². The second kappa shape index (κ2) is 9.66. The normalized spacial score (nSPS) is 18.2. The van der Waals surface area contributed by atoms with Gasteiger partial charge >= 0.3 is 12.3 Å². The molecule has 0 fully saturated rings. The van der Waals surface area contributed by atoms with Crippen LogP contribution >= 0.6 is 11.6 Å². The smallest absolute Gasteiger partial charge is 0.493 e. The van der Waals surface area contributed by atoms with E-state index in [1.807, 2.05) is 0 Å². The number of nitrogens with one attached hydrogen (secondary N) is 1. The van der Waals surface area contributed by atoms with Crippen LogP contribution in [-0.4, -0.2) is 38.1 Å². The maximum Gasteiger partial charge on any atom is 0.573 e. The molecule has 0 bridgehead atoms. The summed E-state index contributed by atoms with van der Waals surface area (Å²) >= 11 is 6.11. The largest absolute Gasteiger partial charge is 0.573 e. The van der Waals surface area contributed by atoms with Crippen LogP contribution in [0.1, 0.15) is 30.6 Å². The molecule has 1 aliphatic heterocycles. The SMILES string of the molecule is CCOC(=O)C[C@H]1O[C@H](c2cccc(OC)c2OC(F)(F)F)c2cc(Cl)ccc2NC1=O. The summed E-state index contributed by atoms with van der Waals surface area (Å²) in [5, 5.41) is 2.88. The first kappa shape index (κ1) is 23.7. The van der Waals surface area contributed by atoms with Crippen LogP contribution in [0.2, 0.25) is 5.02 Å². The summed E-state index contributed by atoms with van der Waals surface area (Å²) in [6, 6.07) is 8.53. The molecule has 11 heteroatoms. The third-order valence-electron chi connectivity index (χ3n) is 4.53. The van der Waals surface area contributed by atoms with Gasteiger partial charge in [-0.05, 0) is 31.2 Å². The Morgan fingerprint density at radius 2 is 1.97 bits per heavy atom. The van der Waals surface area contributed by atoms with Crippen molar-refractivity contribution >= 4 is 29.2 Å². The minimum absolute atomic E-state index is 0.0736. The second-order valence-electron chi connectivity index (χ2n) is 6.66. The zero-order valence-electron chi connectivity index (χ0n) is 17.0. The van der Waals surface area contributed by atoms with Crippen molar-refractivity contribution in [3.63, 3.8) is 0 Å². The summed E-state index contributed by atoms with van der Waals surface area (Å²) in [4.78, 5) is 24.7. The Morgan fingerprint density at radius 1 is 1.22 bits per heavy atom. The van der Waals surface area contributed by atoms with Crippen LogP contribution in [0.4, 0.5) is 18.9 Å². The van der Waals surface area contributed by atoms with E-state index in [1.165, 1.54) is 43.5 Å². The average Bonchev–Trinajstić information content (AvgIpc) is 2.84. The minimum Gasteiger partial charge on any atom is -0.493 e. The summed E-state index contributed by atoms with van der Waals surface area (Å²) in [5.41, 5.74) is 0.463. The Morgan fingerprint density at radius 3 is 2.62 bits per heavy atom. The third-order valence-corrected chi connectivity index (χ3v) is 4.77. The van der Waals surface area contributed by atoms with E-state index < -0.39 is 42.6 Å². The van der Waals surface area contributed by atoms with Crippen LogP contribution in [0.5, 0.6) is 11.5 Å². The standard InChI is InChI=1S/C21H19ClF3NO6/c1-3-30-17(27)10-16-20(28)26-14-8-7-11(22)9-13(14)18(31-16)12-5-4-6-15(29-2)19(12)32-21(23,24)25/h4-9,16,18H,3,10H2,1-2H3,(H,26,28)/t16-,18-/m1/s1. The predicted octanol–water partition coefficient (Wildman–Crippen LogP) is 4.63. The summed E-state index contributed by atoms with van der Waals surface area (Å²) in [6.07, 6.45) is -8.08. The summed E-state index contributed by atoms with van der Waals surface area (Å²) in [7, 11) is 1.19. The van der Waals surface area contributed by atoms with Gasteiger partial charge in [-0.2, -0.15) is 0 Å². The van der Waals surface area contributed by atoms with Gasteiger partial charge in [-0.15, -0.1) is 13.2 Å². The van der Waals surface area contributed by atoms with Crippen molar-refractivity contribution in [1.29, 1.82) is 0 Å². The Bertz CT molecular complexity index is 1010. The number of halogens is 4. The highest BCUT2D eigenvalue weighted by Crippen LogP contribution is 2.45. The van der Waals surface area contributed by atoms with Crippen LogP contribution in [0, 0.1) is 0 Å². The van der Waals surface area contributed by atoms with Gasteiger partial charge < -0.3 is 24.3 Å². The van der Waals surface area contributed by atoms with E-state index >= 15 is 0 Å². The molecule has 1 aliphatic rings. The number of ether oxygens (including phenoxy) is 4. The molecule has 7 nitrogen and oxygen atoms in total. The Balaban J connectivity index is 2.15. The number of carbonyl (C=O) groups is 2. The molecule has 0 aromatic heterocycles. The summed E-state index contributed by atoms with van der Waals surface area (Å²) in [5.74, 6) is -2.20. The van der Waals surface area contributed by atoms with E-state index in [0.717, 1.165) is 0 Å². The molecule has 0 aliphatic carbocycles. The van der Waals surface area contributed by atoms with Crippen LogP contribution in [-0.2, 0) is 19.1 Å². The fourth-order valence-electron chi connectivity index (χ4n) is 3.25. The van der Waals surface area contributed by atoms with Gasteiger partial charge in [0.2, 0.25) is 0 Å². The number of esters is 1. The monoisotopic (exact) mass is 473 g/mol. The summed E-state index contributed by atoms with van der Waals surface area (Å²) in [6.45, 7) is 1.69. The molecule has 0 saturated heterocycles. The second-order valence-corrected chi connectivity index (χ2v) is 7.10. The molecule has 0 radical (unpaired) electrons. The van der Waals surface area contributed by atoms with E-state index in [2.05, 4.69) is 10.1 Å². The highest BCUT2D eigenvalue weighted by Gasteiger charge is 2.39. The summed E-state index contributed by atoms with van der Waals surface area (Å²) < 4.78 is 59.6. The molecule has 3 rings (SSSR count). The maximum absolute atomic E-state index is 13.2. The van der Waals surface area contributed by atoms with E-state index in [9.17, 15) is 22.8 Å². The number of amides is 1. The minimum atomic E-state index is -5.02. The van der Waals surface area contributed by atoms with Crippen molar-refractivity contribution in [2.75, 3.05) is 19.0 Å². The Kier molecular flexibility index (Phi) is 7.15. The van der Waals surface area contributed by atoms with Crippen molar-refractivity contribution in [1.82, 2.24) is 0 Å². The van der Waals surface area contributed by atoms with E-state index in [4.69, 9.17) is 25.8 Å². The number of hydrogen-bond donors (Lipinski definition) is 1. The number of hydrogen-bond acceptors (Lipinski definition) is 6. The van der Waals surface area contributed by atoms with Crippen molar-refractivity contribution in [2.45, 2.75) is 31.9 Å². The fraction of sp³-hybridized carbons (Fsp3) is 0.333. The van der Waals surface area contributed by atoms with Gasteiger partial charge in [0.25, 0.3) is 5.91 Å². The molecule has 0 spiro atoms. The van der Waals surface area contributed by atoms with Gasteiger partial charge in [0.15, 0.2) is 11.5 Å². The molecule has 32 heavy (non-hydrogen) atoms. The number of carbonyl (C=O) groups excluding carboxylic acids is 2. The molecule has 1 heterocycles. The Labute approximate surface area is 186 Å². The maximum atomic E-state index is 13.2. The molecule has 2 aromatic rings. The number of alkyl halides is 3. The van der Waals surface area contributed by atoms with Gasteiger partial charge in [-0.3, -0.25) is 9.59 Å². The van der Waals surface area contributed by atoms with E-state index in [-0.39, 0.29) is 34.2 Å². The van der Waals surface area contributed by atoms with E-state index in [1.54, 1.807) is 6.92 Å². The molecule has 0 saturated carbocycles. The topological polar surface area (TPSA) is 83.1 Å². The molecule has 2 atom stereocenters. The van der Waals surface area contributed by atoms with Crippen molar-refractivity contribution in [3.8, 4) is 11.5 Å². The van der Waals surface area contributed by atoms with Gasteiger partial charge in [-0.25, -0.2) is 0 Å². The fourth-order valence-corrected chi connectivity index (χ4v) is 3.44. The van der Waals surface area contributed by atoms with Gasteiger partial charge in [0.05, 0.1) is 20.1 Å². The molecule has 172 valence electrons. The Hall–Kier alpha value is -2.98. The van der Waals surface area contributed by atoms with Crippen molar-refractivity contribution in [2.24, 2.45) is 0 Å². The molecule has 1 amide bonds. The lowest BCUT2D eigenvalue weighted by Gasteiger charge is -2.25. The number of para-hydroxylation sites is 1. The molecule has 2 aromatic carbocycles. The highest BCUT2D eigenvalue weighted by atomic mass is 35.5. The quantitative estimate of drug-likeness (QED) is 0.616. The number of fused-ring (bicyclic) bond motifs is 1. The predicted molar refractivity (Wildman–Crippen MR) is 108 cm³/mol. The molecule has 1 N–H and O–H groups in total. The molecule has 0 unspecified atom stereocenters. The van der Waals surface area contributed by atoms with Gasteiger partial charge in [0.1, 0.15) is 12.2 Å². The number of benzene rings is 2. The van der Waals surface area contributed by atoms with Crippen LogP contribution in [0.25, 0.3) is 0 Å². The molecular formula is C21H19ClF3NO6. The van der Waals surface area contributed by atoms with Crippen LogP contribution in [0.15, 0.2) is 36.4 Å².